The van der Waals surface area contributed by atoms with E-state index in [2.05, 4.69) is 56.2 Å². The van der Waals surface area contributed by atoms with Gasteiger partial charge in [0.2, 0.25) is 0 Å². The molecule has 0 amide bonds. The molecule has 2 rings (SSSR count). The number of hydrogen-bond donors (Lipinski definition) is 1. The number of rotatable bonds is 3. The van der Waals surface area contributed by atoms with E-state index >= 15 is 0 Å². The van der Waals surface area contributed by atoms with Crippen LogP contribution in [0.25, 0.3) is 0 Å². The van der Waals surface area contributed by atoms with E-state index in [1.807, 2.05) is 12.4 Å². The van der Waals surface area contributed by atoms with Crippen molar-refractivity contribution in [3.05, 3.63) is 58.4 Å². The number of pyridine rings is 1. The molecule has 0 saturated carbocycles. The summed E-state index contributed by atoms with van der Waals surface area (Å²) < 4.78 is 0. The predicted octanol–water partition coefficient (Wildman–Crippen LogP) is 3.93. The van der Waals surface area contributed by atoms with Crippen LogP contribution in [0.15, 0.2) is 30.6 Å². The fraction of sp³-hybridized carbons (Fsp3) is 0.312. The second-order valence-corrected chi connectivity index (χ2v) is 4.97. The van der Waals surface area contributed by atoms with E-state index < -0.39 is 0 Å². The van der Waals surface area contributed by atoms with Gasteiger partial charge in [0.1, 0.15) is 0 Å². The average Bonchev–Trinajstić information content (AvgIpc) is 2.32. The molecule has 1 aromatic carbocycles. The van der Waals surface area contributed by atoms with Crippen molar-refractivity contribution in [2.45, 2.75) is 34.2 Å². The first kappa shape index (κ1) is 12.6. The van der Waals surface area contributed by atoms with E-state index in [4.69, 9.17) is 0 Å². The lowest BCUT2D eigenvalue weighted by Crippen LogP contribution is -2.03. The molecule has 18 heavy (non-hydrogen) atoms. The molecule has 1 aromatic heterocycles. The minimum atomic E-state index is 0.845. The van der Waals surface area contributed by atoms with Gasteiger partial charge in [-0.05, 0) is 61.6 Å². The van der Waals surface area contributed by atoms with Crippen LogP contribution in [0.2, 0.25) is 0 Å². The smallest absolute Gasteiger partial charge is 0.0532 e. The SMILES string of the molecule is Cc1cncc(NCc2cc(C)c(C)cc2C)c1. The maximum absolute atomic E-state index is 4.19. The lowest BCUT2D eigenvalue weighted by atomic mass is 10.0. The first-order chi connectivity index (χ1) is 8.56. The number of benzene rings is 1. The molecule has 0 saturated heterocycles. The Bertz CT molecular complexity index is 559. The third-order valence-corrected chi connectivity index (χ3v) is 3.31. The maximum atomic E-state index is 4.19. The highest BCUT2D eigenvalue weighted by molar-refractivity contribution is 5.45. The summed E-state index contributed by atoms with van der Waals surface area (Å²) in [6, 6.07) is 6.63. The molecule has 0 fully saturated rings. The van der Waals surface area contributed by atoms with Gasteiger partial charge in [-0.1, -0.05) is 12.1 Å². The minimum Gasteiger partial charge on any atom is -0.380 e. The summed E-state index contributed by atoms with van der Waals surface area (Å²) in [7, 11) is 0. The molecule has 0 aliphatic heterocycles. The standard InChI is InChI=1S/C16H20N2/c1-11-5-16(10-17-8-11)18-9-15-7-13(3)12(2)6-14(15)4/h5-8,10,18H,9H2,1-4H3. The first-order valence-electron chi connectivity index (χ1n) is 6.28. The summed E-state index contributed by atoms with van der Waals surface area (Å²) in [5, 5.41) is 3.43. The van der Waals surface area contributed by atoms with Gasteiger partial charge >= 0.3 is 0 Å². The summed E-state index contributed by atoms with van der Waals surface area (Å²) in [5.41, 5.74) is 7.64. The first-order valence-corrected chi connectivity index (χ1v) is 6.28. The summed E-state index contributed by atoms with van der Waals surface area (Å²) in [6.07, 6.45) is 3.73. The lowest BCUT2D eigenvalue weighted by molar-refractivity contribution is 1.09. The quantitative estimate of drug-likeness (QED) is 0.879. The number of aromatic nitrogens is 1. The number of aryl methyl sites for hydroxylation is 4. The van der Waals surface area contributed by atoms with Gasteiger partial charge in [0.25, 0.3) is 0 Å². The Morgan fingerprint density at radius 3 is 2.33 bits per heavy atom. The van der Waals surface area contributed by atoms with Gasteiger partial charge in [0.15, 0.2) is 0 Å². The van der Waals surface area contributed by atoms with Crippen LogP contribution in [-0.2, 0) is 6.54 Å². The molecule has 1 N–H and O–H groups in total. The monoisotopic (exact) mass is 240 g/mol. The molecule has 1 heterocycles. The summed E-state index contributed by atoms with van der Waals surface area (Å²) in [5.74, 6) is 0. The Hall–Kier alpha value is -1.83. The molecule has 0 bridgehead atoms. The van der Waals surface area contributed by atoms with Crippen LogP contribution in [0.5, 0.6) is 0 Å². The topological polar surface area (TPSA) is 24.9 Å². The van der Waals surface area contributed by atoms with E-state index in [-0.39, 0.29) is 0 Å². The molecule has 0 aliphatic carbocycles. The van der Waals surface area contributed by atoms with E-state index in [1.54, 1.807) is 0 Å². The fourth-order valence-electron chi connectivity index (χ4n) is 2.06. The number of hydrogen-bond acceptors (Lipinski definition) is 2. The van der Waals surface area contributed by atoms with Crippen molar-refractivity contribution < 1.29 is 0 Å². The molecule has 0 aliphatic rings. The zero-order valence-electron chi connectivity index (χ0n) is 11.5. The Balaban J connectivity index is 2.13. The second kappa shape index (κ2) is 5.21. The van der Waals surface area contributed by atoms with Crippen molar-refractivity contribution in [1.29, 1.82) is 0 Å². The van der Waals surface area contributed by atoms with Crippen molar-refractivity contribution in [2.75, 3.05) is 5.32 Å². The number of nitrogens with one attached hydrogen (secondary N) is 1. The molecule has 0 spiro atoms. The van der Waals surface area contributed by atoms with Gasteiger partial charge in [-0.3, -0.25) is 4.98 Å². The highest BCUT2D eigenvalue weighted by Gasteiger charge is 2.02. The molecule has 2 aromatic rings. The predicted molar refractivity (Wildman–Crippen MR) is 77.0 cm³/mol. The highest BCUT2D eigenvalue weighted by atomic mass is 14.9. The molecule has 0 unspecified atom stereocenters. The Kier molecular flexibility index (Phi) is 3.66. The van der Waals surface area contributed by atoms with E-state index in [1.165, 1.54) is 27.8 Å². The summed E-state index contributed by atoms with van der Waals surface area (Å²) >= 11 is 0. The van der Waals surface area contributed by atoms with Crippen molar-refractivity contribution in [2.24, 2.45) is 0 Å². The maximum Gasteiger partial charge on any atom is 0.0532 e. The summed E-state index contributed by atoms with van der Waals surface area (Å²) in [4.78, 5) is 4.19. The average molecular weight is 240 g/mol. The van der Waals surface area contributed by atoms with Crippen LogP contribution in [-0.4, -0.2) is 4.98 Å². The molecular formula is C16H20N2. The van der Waals surface area contributed by atoms with Crippen molar-refractivity contribution in [3.63, 3.8) is 0 Å². The third kappa shape index (κ3) is 2.89. The van der Waals surface area contributed by atoms with Gasteiger partial charge < -0.3 is 5.32 Å². The van der Waals surface area contributed by atoms with E-state index in [9.17, 15) is 0 Å². The molecule has 2 heteroatoms. The highest BCUT2D eigenvalue weighted by Crippen LogP contribution is 2.17. The van der Waals surface area contributed by atoms with Crippen LogP contribution < -0.4 is 5.32 Å². The van der Waals surface area contributed by atoms with Gasteiger partial charge in [-0.2, -0.15) is 0 Å². The Labute approximate surface area is 109 Å². The molecule has 2 nitrogen and oxygen atoms in total. The van der Waals surface area contributed by atoms with Crippen LogP contribution in [0.4, 0.5) is 5.69 Å². The molecular weight excluding hydrogens is 220 g/mol. The van der Waals surface area contributed by atoms with Crippen molar-refractivity contribution in [1.82, 2.24) is 4.98 Å². The van der Waals surface area contributed by atoms with Gasteiger partial charge in [-0.15, -0.1) is 0 Å². The summed E-state index contributed by atoms with van der Waals surface area (Å²) in [6.45, 7) is 9.38. The second-order valence-electron chi connectivity index (χ2n) is 4.97. The van der Waals surface area contributed by atoms with Gasteiger partial charge in [0, 0.05) is 18.9 Å². The Morgan fingerprint density at radius 1 is 0.889 bits per heavy atom. The molecule has 94 valence electrons. The van der Waals surface area contributed by atoms with Crippen LogP contribution in [0.1, 0.15) is 27.8 Å². The number of nitrogens with zero attached hydrogens (tertiary/aromatic N) is 1. The zero-order valence-corrected chi connectivity index (χ0v) is 11.5. The van der Waals surface area contributed by atoms with Gasteiger partial charge in [0.05, 0.1) is 5.69 Å². The van der Waals surface area contributed by atoms with Crippen LogP contribution in [0, 0.1) is 27.7 Å². The van der Waals surface area contributed by atoms with E-state index in [0.717, 1.165) is 12.2 Å². The molecule has 0 atom stereocenters. The molecule has 0 radical (unpaired) electrons. The third-order valence-electron chi connectivity index (χ3n) is 3.31. The van der Waals surface area contributed by atoms with E-state index in [0.29, 0.717) is 0 Å². The minimum absolute atomic E-state index is 0.845. The number of anilines is 1. The lowest BCUT2D eigenvalue weighted by Gasteiger charge is -2.12. The van der Waals surface area contributed by atoms with Crippen LogP contribution in [0.3, 0.4) is 0 Å². The van der Waals surface area contributed by atoms with Crippen molar-refractivity contribution in [3.8, 4) is 0 Å². The van der Waals surface area contributed by atoms with Crippen LogP contribution >= 0.6 is 0 Å². The Morgan fingerprint density at radius 2 is 1.61 bits per heavy atom. The normalized spacial score (nSPS) is 10.4. The fourth-order valence-corrected chi connectivity index (χ4v) is 2.06. The van der Waals surface area contributed by atoms with Gasteiger partial charge in [-0.25, -0.2) is 0 Å². The zero-order chi connectivity index (χ0) is 13.1. The van der Waals surface area contributed by atoms with Crippen molar-refractivity contribution >= 4 is 5.69 Å². The largest absolute Gasteiger partial charge is 0.380 e.